The summed E-state index contributed by atoms with van der Waals surface area (Å²) >= 11 is 3.36. The van der Waals surface area contributed by atoms with Crippen LogP contribution >= 0.6 is 15.9 Å². The summed E-state index contributed by atoms with van der Waals surface area (Å²) in [5, 5.41) is 0. The molecule has 2 atom stereocenters. The van der Waals surface area contributed by atoms with Gasteiger partial charge in [0.15, 0.2) is 0 Å². The Morgan fingerprint density at radius 2 is 2.33 bits per heavy atom. The Bertz CT molecular complexity index is 133. The third-order valence-corrected chi connectivity index (χ3v) is 2.58. The second-order valence-corrected chi connectivity index (χ2v) is 3.31. The highest BCUT2D eigenvalue weighted by molar-refractivity contribution is 9.18. The number of halogens is 1. The molecule has 9 heavy (non-hydrogen) atoms. The molecule has 3 heteroatoms. The van der Waals surface area contributed by atoms with E-state index in [2.05, 4.69) is 27.8 Å². The monoisotopic (exact) mass is 190 g/mol. The van der Waals surface area contributed by atoms with Gasteiger partial charge < -0.3 is 5.73 Å². The number of aliphatic imine (C=N–C) groups is 1. The van der Waals surface area contributed by atoms with Crippen LogP contribution in [0.2, 0.25) is 0 Å². The average molecular weight is 191 g/mol. The van der Waals surface area contributed by atoms with Crippen molar-refractivity contribution < 1.29 is 0 Å². The summed E-state index contributed by atoms with van der Waals surface area (Å²) in [5.41, 5.74) is 5.57. The summed E-state index contributed by atoms with van der Waals surface area (Å²) in [6, 6.07) is 0. The van der Waals surface area contributed by atoms with Gasteiger partial charge in [0, 0.05) is 5.92 Å². The first-order valence-corrected chi connectivity index (χ1v) is 3.98. The van der Waals surface area contributed by atoms with Gasteiger partial charge in [-0.1, -0.05) is 6.92 Å². The molecule has 0 amide bonds. The normalized spacial score (nSPS) is 36.1. The maximum Gasteiger partial charge on any atom is 0.0979 e. The molecule has 1 aliphatic heterocycles. The number of nitrogens with zero attached hydrogens (tertiary/aromatic N) is 1. The van der Waals surface area contributed by atoms with Gasteiger partial charge in [0.05, 0.1) is 10.8 Å². The topological polar surface area (TPSA) is 38.4 Å². The highest BCUT2D eigenvalue weighted by Crippen LogP contribution is 2.19. The molecule has 0 saturated heterocycles. The van der Waals surface area contributed by atoms with E-state index >= 15 is 0 Å². The Morgan fingerprint density at radius 3 is 2.78 bits per heavy atom. The lowest BCUT2D eigenvalue weighted by Crippen LogP contribution is -2.25. The van der Waals surface area contributed by atoms with Crippen LogP contribution in [0.15, 0.2) is 4.99 Å². The first-order valence-electron chi connectivity index (χ1n) is 3.19. The molecule has 1 aliphatic rings. The third-order valence-electron chi connectivity index (χ3n) is 1.59. The van der Waals surface area contributed by atoms with Crippen molar-refractivity contribution in [1.82, 2.24) is 0 Å². The van der Waals surface area contributed by atoms with Gasteiger partial charge in [0.2, 0.25) is 0 Å². The Kier molecular flexibility index (Phi) is 2.24. The fourth-order valence-electron chi connectivity index (χ4n) is 0.890. The van der Waals surface area contributed by atoms with Gasteiger partial charge in [-0.15, -0.1) is 0 Å². The van der Waals surface area contributed by atoms with Crippen molar-refractivity contribution in [3.63, 3.8) is 0 Å². The minimum atomic E-state index is 0.0376. The van der Waals surface area contributed by atoms with Gasteiger partial charge in [-0.05, 0) is 28.8 Å². The maximum absolute atomic E-state index is 5.57. The minimum Gasteiger partial charge on any atom is -0.310 e. The van der Waals surface area contributed by atoms with Crippen LogP contribution in [0.4, 0.5) is 0 Å². The van der Waals surface area contributed by atoms with Gasteiger partial charge in [0.25, 0.3) is 0 Å². The van der Waals surface area contributed by atoms with Crippen LogP contribution < -0.4 is 5.73 Å². The molecule has 0 bridgehead atoms. The van der Waals surface area contributed by atoms with Crippen molar-refractivity contribution in [1.29, 1.82) is 0 Å². The molecule has 2 nitrogen and oxygen atoms in total. The summed E-state index contributed by atoms with van der Waals surface area (Å²) in [4.78, 5) is 4.17. The molecule has 0 fully saturated rings. The molecule has 0 aliphatic carbocycles. The predicted molar refractivity (Wildman–Crippen MR) is 42.7 cm³/mol. The molecule has 1 rings (SSSR count). The van der Waals surface area contributed by atoms with Crippen molar-refractivity contribution in [2.75, 3.05) is 0 Å². The van der Waals surface area contributed by atoms with E-state index < -0.39 is 0 Å². The Morgan fingerprint density at radius 1 is 1.67 bits per heavy atom. The van der Waals surface area contributed by atoms with Crippen molar-refractivity contribution in [3.05, 3.63) is 0 Å². The second-order valence-electron chi connectivity index (χ2n) is 2.50. The van der Waals surface area contributed by atoms with E-state index in [4.69, 9.17) is 5.73 Å². The lowest BCUT2D eigenvalue weighted by atomic mass is 10.0. The van der Waals surface area contributed by atoms with Crippen LogP contribution in [0, 0.1) is 5.92 Å². The minimum absolute atomic E-state index is 0.0376. The summed E-state index contributed by atoms with van der Waals surface area (Å²) in [7, 11) is 0. The van der Waals surface area contributed by atoms with Crippen LogP contribution in [0.25, 0.3) is 0 Å². The number of rotatable bonds is 0. The van der Waals surface area contributed by atoms with E-state index in [0.29, 0.717) is 5.92 Å². The number of hydrogen-bond donors (Lipinski definition) is 1. The van der Waals surface area contributed by atoms with Crippen LogP contribution in [-0.2, 0) is 0 Å². The molecule has 2 N–H and O–H groups in total. The second kappa shape index (κ2) is 2.80. The third kappa shape index (κ3) is 1.76. The Balaban J connectivity index is 2.61. The fourth-order valence-corrected chi connectivity index (χ4v) is 1.38. The molecule has 0 spiro atoms. The molecule has 0 saturated carbocycles. The smallest absolute Gasteiger partial charge is 0.0979 e. The first kappa shape index (κ1) is 7.22. The molecule has 0 aromatic rings. The van der Waals surface area contributed by atoms with E-state index in [0.717, 1.165) is 17.5 Å². The van der Waals surface area contributed by atoms with Crippen LogP contribution in [0.3, 0.4) is 0 Å². The van der Waals surface area contributed by atoms with E-state index in [1.165, 1.54) is 0 Å². The molecule has 0 radical (unpaired) electrons. The summed E-state index contributed by atoms with van der Waals surface area (Å²) in [6.07, 6.45) is 2.22. The van der Waals surface area contributed by atoms with Crippen molar-refractivity contribution >= 4 is 20.6 Å². The molecular formula is C6H11BrN2. The van der Waals surface area contributed by atoms with Crippen molar-refractivity contribution in [2.45, 2.75) is 25.9 Å². The van der Waals surface area contributed by atoms with Gasteiger partial charge in [0.1, 0.15) is 0 Å². The fraction of sp³-hybridized carbons (Fsp3) is 0.833. The molecule has 0 aromatic heterocycles. The lowest BCUT2D eigenvalue weighted by Gasteiger charge is -2.18. The zero-order valence-corrected chi connectivity index (χ0v) is 7.06. The summed E-state index contributed by atoms with van der Waals surface area (Å²) in [6.45, 7) is 2.15. The predicted octanol–water partition coefficient (Wildman–Crippen LogP) is 1.49. The molecule has 52 valence electrons. The zero-order valence-electron chi connectivity index (χ0n) is 5.47. The lowest BCUT2D eigenvalue weighted by molar-refractivity contribution is 0.526. The maximum atomic E-state index is 5.57. The summed E-state index contributed by atoms with van der Waals surface area (Å²) in [5.74, 6) is 0.574. The standard InChI is InChI=1S/C6H11BrN2/c1-4-2-3-5(8)9-6(4)7/h4-5H,2-3,8H2,1H3/t4?,5-/m0/s1. The Hall–Kier alpha value is 0.110. The van der Waals surface area contributed by atoms with Gasteiger partial charge in [-0.25, -0.2) is 0 Å². The Labute approximate surface area is 63.7 Å². The van der Waals surface area contributed by atoms with Gasteiger partial charge in [-0.3, -0.25) is 4.99 Å². The average Bonchev–Trinajstić information content (AvgIpc) is 1.80. The zero-order chi connectivity index (χ0) is 6.85. The van der Waals surface area contributed by atoms with Crippen LogP contribution in [0.1, 0.15) is 19.8 Å². The highest BCUT2D eigenvalue weighted by atomic mass is 79.9. The van der Waals surface area contributed by atoms with Crippen LogP contribution in [0.5, 0.6) is 0 Å². The van der Waals surface area contributed by atoms with Crippen molar-refractivity contribution in [2.24, 2.45) is 16.6 Å². The first-order chi connectivity index (χ1) is 4.20. The van der Waals surface area contributed by atoms with E-state index in [9.17, 15) is 0 Å². The number of nitrogens with two attached hydrogens (primary N) is 1. The van der Waals surface area contributed by atoms with Crippen LogP contribution in [-0.4, -0.2) is 10.8 Å². The summed E-state index contributed by atoms with van der Waals surface area (Å²) < 4.78 is 1.03. The molecule has 1 unspecified atom stereocenters. The molecular weight excluding hydrogens is 180 g/mol. The SMILES string of the molecule is CC1CC[C@@H](N)N=C1Br. The van der Waals surface area contributed by atoms with Crippen molar-refractivity contribution in [3.8, 4) is 0 Å². The molecule has 0 aromatic carbocycles. The van der Waals surface area contributed by atoms with E-state index in [1.54, 1.807) is 0 Å². The van der Waals surface area contributed by atoms with E-state index in [1.807, 2.05) is 0 Å². The van der Waals surface area contributed by atoms with Gasteiger partial charge >= 0.3 is 0 Å². The quantitative estimate of drug-likeness (QED) is 0.618. The molecule has 1 heterocycles. The number of hydrogen-bond acceptors (Lipinski definition) is 2. The highest BCUT2D eigenvalue weighted by Gasteiger charge is 2.15. The van der Waals surface area contributed by atoms with Gasteiger partial charge in [-0.2, -0.15) is 0 Å². The van der Waals surface area contributed by atoms with E-state index in [-0.39, 0.29) is 6.17 Å². The largest absolute Gasteiger partial charge is 0.310 e.